The van der Waals surface area contributed by atoms with Crippen molar-refractivity contribution >= 4 is 5.96 Å². The molecule has 0 saturated heterocycles. The van der Waals surface area contributed by atoms with Crippen LogP contribution in [0.5, 0.6) is 0 Å². The van der Waals surface area contributed by atoms with E-state index in [-0.39, 0.29) is 5.96 Å². The molecule has 0 saturated carbocycles. The fraction of sp³-hybridized carbons (Fsp3) is 0.800. The molecule has 0 aliphatic heterocycles. The summed E-state index contributed by atoms with van der Waals surface area (Å²) in [5, 5.41) is 3.08. The summed E-state index contributed by atoms with van der Waals surface area (Å²) < 4.78 is 0. The lowest BCUT2D eigenvalue weighted by molar-refractivity contribution is -0.466. The van der Waals surface area contributed by atoms with E-state index in [2.05, 4.69) is 10.3 Å². The lowest BCUT2D eigenvalue weighted by Crippen LogP contribution is -2.81. The standard InChI is InChI=1S/C5H14N4/c1-4(2)8-3-9-5(6)7/h4,8H,3H2,1-2H3,(H4,6,7,9)/p+1. The molecule has 9 heavy (non-hydrogen) atoms. The maximum absolute atomic E-state index is 5.12. The Morgan fingerprint density at radius 1 is 1.56 bits per heavy atom. The second-order valence-corrected chi connectivity index (χ2v) is 2.17. The van der Waals surface area contributed by atoms with Crippen molar-refractivity contribution in [2.45, 2.75) is 19.9 Å². The first-order valence-electron chi connectivity index (χ1n) is 2.98. The summed E-state index contributed by atoms with van der Waals surface area (Å²) in [7, 11) is 0. The highest BCUT2D eigenvalue weighted by molar-refractivity contribution is 5.69. The maximum Gasteiger partial charge on any atom is 0.339 e. The SMILES string of the molecule is CC(C)NC[NH+]=C(N)N. The van der Waals surface area contributed by atoms with Gasteiger partial charge < -0.3 is 0 Å². The van der Waals surface area contributed by atoms with E-state index in [1.807, 2.05) is 13.8 Å². The summed E-state index contributed by atoms with van der Waals surface area (Å²) >= 11 is 0. The van der Waals surface area contributed by atoms with Gasteiger partial charge in [0.15, 0.2) is 0 Å². The lowest BCUT2D eigenvalue weighted by Gasteiger charge is -2.01. The van der Waals surface area contributed by atoms with Gasteiger partial charge in [0.2, 0.25) is 0 Å². The van der Waals surface area contributed by atoms with E-state index in [0.29, 0.717) is 12.7 Å². The second kappa shape index (κ2) is 4.14. The first-order chi connectivity index (χ1) is 4.13. The molecule has 0 aromatic heterocycles. The third-order valence-corrected chi connectivity index (χ3v) is 0.803. The number of nitrogens with two attached hydrogens (primary N) is 2. The van der Waals surface area contributed by atoms with Gasteiger partial charge >= 0.3 is 5.96 Å². The van der Waals surface area contributed by atoms with Crippen LogP contribution >= 0.6 is 0 Å². The van der Waals surface area contributed by atoms with Crippen molar-refractivity contribution in [2.24, 2.45) is 11.5 Å². The highest BCUT2D eigenvalue weighted by Crippen LogP contribution is 1.68. The molecule has 54 valence electrons. The zero-order valence-corrected chi connectivity index (χ0v) is 5.94. The van der Waals surface area contributed by atoms with Crippen molar-refractivity contribution in [1.29, 1.82) is 0 Å². The third-order valence-electron chi connectivity index (χ3n) is 0.803. The van der Waals surface area contributed by atoms with Gasteiger partial charge in [-0.25, -0.2) is 0 Å². The fourth-order valence-corrected chi connectivity index (χ4v) is 0.357. The first kappa shape index (κ1) is 8.23. The number of nitrogens with one attached hydrogen (secondary N) is 2. The van der Waals surface area contributed by atoms with Crippen molar-refractivity contribution < 1.29 is 4.99 Å². The predicted molar refractivity (Wildman–Crippen MR) is 37.5 cm³/mol. The number of hydrogen-bond donors (Lipinski definition) is 4. The van der Waals surface area contributed by atoms with Crippen molar-refractivity contribution in [3.05, 3.63) is 0 Å². The van der Waals surface area contributed by atoms with Crippen molar-refractivity contribution in [3.8, 4) is 0 Å². The first-order valence-corrected chi connectivity index (χ1v) is 2.98. The molecular formula is C5H15N4+. The smallest absolute Gasteiger partial charge is 0.291 e. The summed E-state index contributed by atoms with van der Waals surface area (Å²) in [6.07, 6.45) is 0. The summed E-state index contributed by atoms with van der Waals surface area (Å²) in [4.78, 5) is 2.74. The van der Waals surface area contributed by atoms with Gasteiger partial charge in [0, 0.05) is 6.04 Å². The Balaban J connectivity index is 3.20. The molecule has 4 nitrogen and oxygen atoms in total. The summed E-state index contributed by atoms with van der Waals surface area (Å²) in [5.41, 5.74) is 10.2. The van der Waals surface area contributed by atoms with E-state index < -0.39 is 0 Å². The van der Waals surface area contributed by atoms with Gasteiger partial charge in [0.1, 0.15) is 6.67 Å². The third kappa shape index (κ3) is 7.23. The molecule has 0 amide bonds. The van der Waals surface area contributed by atoms with E-state index in [1.165, 1.54) is 0 Å². The molecule has 0 spiro atoms. The predicted octanol–water partition coefficient (Wildman–Crippen LogP) is -2.70. The molecule has 4 heteroatoms. The quantitative estimate of drug-likeness (QED) is 0.191. The Hall–Kier alpha value is -0.770. The maximum atomic E-state index is 5.12. The van der Waals surface area contributed by atoms with Crippen LogP contribution < -0.4 is 21.8 Å². The van der Waals surface area contributed by atoms with Crippen LogP contribution in [0.4, 0.5) is 0 Å². The number of rotatable bonds is 3. The molecule has 0 unspecified atom stereocenters. The second-order valence-electron chi connectivity index (χ2n) is 2.17. The number of hydrogen-bond acceptors (Lipinski definition) is 1. The molecule has 0 atom stereocenters. The van der Waals surface area contributed by atoms with Gasteiger partial charge in [-0.2, -0.15) is 0 Å². The average molecular weight is 131 g/mol. The van der Waals surface area contributed by atoms with E-state index in [1.54, 1.807) is 0 Å². The molecule has 0 aromatic rings. The summed E-state index contributed by atoms with van der Waals surface area (Å²) in [6, 6.07) is 0.455. The van der Waals surface area contributed by atoms with Crippen LogP contribution in [0.25, 0.3) is 0 Å². The zero-order valence-electron chi connectivity index (χ0n) is 5.94. The molecule has 0 aliphatic rings. The van der Waals surface area contributed by atoms with Gasteiger partial charge in [-0.1, -0.05) is 0 Å². The Labute approximate surface area is 55.3 Å². The zero-order chi connectivity index (χ0) is 7.28. The highest BCUT2D eigenvalue weighted by Gasteiger charge is 1.89. The molecule has 0 rings (SSSR count). The van der Waals surface area contributed by atoms with E-state index in [0.717, 1.165) is 0 Å². The minimum atomic E-state index is 0.253. The van der Waals surface area contributed by atoms with Crippen LogP contribution in [0, 0.1) is 0 Å². The van der Waals surface area contributed by atoms with Gasteiger partial charge in [0.25, 0.3) is 0 Å². The minimum Gasteiger partial charge on any atom is -0.291 e. The Kier molecular flexibility index (Phi) is 3.79. The largest absolute Gasteiger partial charge is 0.339 e. The molecule has 0 aliphatic carbocycles. The monoisotopic (exact) mass is 131 g/mol. The van der Waals surface area contributed by atoms with E-state index >= 15 is 0 Å². The average Bonchev–Trinajstić information content (AvgIpc) is 1.63. The van der Waals surface area contributed by atoms with E-state index in [4.69, 9.17) is 11.5 Å². The van der Waals surface area contributed by atoms with E-state index in [9.17, 15) is 0 Å². The molecule has 6 N–H and O–H groups in total. The van der Waals surface area contributed by atoms with Crippen LogP contribution in [-0.4, -0.2) is 18.7 Å². The highest BCUT2D eigenvalue weighted by atomic mass is 15.1. The van der Waals surface area contributed by atoms with Crippen LogP contribution in [-0.2, 0) is 0 Å². The molecule has 0 bridgehead atoms. The van der Waals surface area contributed by atoms with Gasteiger partial charge in [0.05, 0.1) is 0 Å². The molecule has 0 radical (unpaired) electrons. The van der Waals surface area contributed by atoms with Crippen LogP contribution in [0.1, 0.15) is 13.8 Å². The number of guanidine groups is 1. The minimum absolute atomic E-state index is 0.253. The Morgan fingerprint density at radius 3 is 2.44 bits per heavy atom. The van der Waals surface area contributed by atoms with Gasteiger partial charge in [-0.3, -0.25) is 21.8 Å². The fourth-order valence-electron chi connectivity index (χ4n) is 0.357. The normalized spacial score (nSPS) is 9.67. The van der Waals surface area contributed by atoms with Gasteiger partial charge in [-0.05, 0) is 13.8 Å². The van der Waals surface area contributed by atoms with Crippen LogP contribution in [0.3, 0.4) is 0 Å². The summed E-state index contributed by atoms with van der Waals surface area (Å²) in [6.45, 7) is 4.72. The lowest BCUT2D eigenvalue weighted by atomic mass is 10.4. The van der Waals surface area contributed by atoms with Crippen molar-refractivity contribution in [3.63, 3.8) is 0 Å². The Morgan fingerprint density at radius 2 is 2.11 bits per heavy atom. The van der Waals surface area contributed by atoms with Crippen LogP contribution in [0.15, 0.2) is 0 Å². The molecule has 0 heterocycles. The topological polar surface area (TPSA) is 78.0 Å². The Bertz CT molecular complexity index is 93.1. The molecule has 0 aromatic carbocycles. The van der Waals surface area contributed by atoms with Crippen molar-refractivity contribution in [1.82, 2.24) is 5.32 Å². The van der Waals surface area contributed by atoms with Crippen LogP contribution in [0.2, 0.25) is 0 Å². The molecular weight excluding hydrogens is 116 g/mol. The molecule has 0 fully saturated rings. The van der Waals surface area contributed by atoms with Crippen molar-refractivity contribution in [2.75, 3.05) is 6.67 Å². The summed E-state index contributed by atoms with van der Waals surface area (Å²) in [5.74, 6) is 0.253. The van der Waals surface area contributed by atoms with Gasteiger partial charge in [-0.15, -0.1) is 0 Å².